The molecule has 0 saturated carbocycles. The van der Waals surface area contributed by atoms with E-state index in [1.54, 1.807) is 17.1 Å². The number of benzene rings is 2. The molecule has 1 amide bonds. The summed E-state index contributed by atoms with van der Waals surface area (Å²) in [6.45, 7) is 6.79. The van der Waals surface area contributed by atoms with Crippen LogP contribution in [0.3, 0.4) is 0 Å². The van der Waals surface area contributed by atoms with E-state index in [4.69, 9.17) is 0 Å². The highest BCUT2D eigenvalue weighted by Gasteiger charge is 2.30. The molecule has 32 heavy (non-hydrogen) atoms. The van der Waals surface area contributed by atoms with E-state index in [2.05, 4.69) is 30.9 Å². The van der Waals surface area contributed by atoms with Gasteiger partial charge in [0.1, 0.15) is 5.82 Å². The van der Waals surface area contributed by atoms with Crippen LogP contribution >= 0.6 is 11.8 Å². The van der Waals surface area contributed by atoms with Crippen LogP contribution in [0.4, 0.5) is 4.39 Å². The van der Waals surface area contributed by atoms with E-state index in [1.807, 2.05) is 42.4 Å². The quantitative estimate of drug-likeness (QED) is 0.384. The molecule has 0 saturated heterocycles. The predicted octanol–water partition coefficient (Wildman–Crippen LogP) is 6.03. The second-order valence-corrected chi connectivity index (χ2v) is 9.11. The Labute approximate surface area is 192 Å². The zero-order chi connectivity index (χ0) is 22.7. The van der Waals surface area contributed by atoms with Crippen LogP contribution in [0.15, 0.2) is 92.4 Å². The van der Waals surface area contributed by atoms with Gasteiger partial charge in [0, 0.05) is 42.8 Å². The van der Waals surface area contributed by atoms with Gasteiger partial charge in [-0.15, -0.1) is 0 Å². The van der Waals surface area contributed by atoms with Crippen molar-refractivity contribution in [2.24, 2.45) is 5.10 Å². The van der Waals surface area contributed by atoms with Crippen LogP contribution in [0.5, 0.6) is 0 Å². The van der Waals surface area contributed by atoms with Crippen molar-refractivity contribution in [1.82, 2.24) is 9.91 Å². The zero-order valence-corrected chi connectivity index (χ0v) is 19.2. The van der Waals surface area contributed by atoms with Gasteiger partial charge in [-0.1, -0.05) is 53.8 Å². The number of hydrogen-bond acceptors (Lipinski definition) is 4. The second-order valence-electron chi connectivity index (χ2n) is 8.03. The van der Waals surface area contributed by atoms with E-state index in [0.29, 0.717) is 23.5 Å². The lowest BCUT2D eigenvalue weighted by molar-refractivity contribution is 0.0788. The summed E-state index contributed by atoms with van der Waals surface area (Å²) in [5.74, 6) is -0.253. The maximum atomic E-state index is 14.1. The number of carbonyl (C=O) groups excluding carboxylic acids is 1. The second kappa shape index (κ2) is 9.57. The van der Waals surface area contributed by atoms with Gasteiger partial charge in [-0.2, -0.15) is 5.10 Å². The highest BCUT2D eigenvalue weighted by molar-refractivity contribution is 7.99. The van der Waals surface area contributed by atoms with Crippen LogP contribution < -0.4 is 0 Å². The Kier molecular flexibility index (Phi) is 6.61. The van der Waals surface area contributed by atoms with Gasteiger partial charge >= 0.3 is 0 Å². The fraction of sp³-hybridized carbons (Fsp3) is 0.231. The first-order valence-electron chi connectivity index (χ1n) is 10.6. The predicted molar refractivity (Wildman–Crippen MR) is 128 cm³/mol. The van der Waals surface area contributed by atoms with E-state index < -0.39 is 0 Å². The number of rotatable bonds is 7. The van der Waals surface area contributed by atoms with Crippen molar-refractivity contribution in [3.8, 4) is 0 Å². The lowest BCUT2D eigenvalue weighted by Gasteiger charge is -2.21. The Hall–Kier alpha value is -3.12. The minimum Gasteiger partial charge on any atom is -0.330 e. The van der Waals surface area contributed by atoms with Crippen LogP contribution in [0.25, 0.3) is 0 Å². The third kappa shape index (κ3) is 4.70. The molecule has 0 atom stereocenters. The van der Waals surface area contributed by atoms with E-state index in [-0.39, 0.29) is 11.7 Å². The van der Waals surface area contributed by atoms with E-state index >= 15 is 0 Å². The van der Waals surface area contributed by atoms with Gasteiger partial charge in [0.05, 0.1) is 5.56 Å². The third-order valence-corrected chi connectivity index (χ3v) is 6.88. The molecule has 1 aliphatic carbocycles. The standard InChI is InChI=1S/C26H26FN3OS/c1-18(15-29(3)28-2)20-13-11-19(12-14-20)16-30-17-21-7-6-10-24(25(21)26(30)31)32-23-9-5-4-8-22(23)27/h4-11,13,15H,2,12,14,16-17H2,1,3H3/b18-15+. The van der Waals surface area contributed by atoms with Crippen molar-refractivity contribution < 1.29 is 9.18 Å². The van der Waals surface area contributed by atoms with E-state index in [1.165, 1.54) is 29.0 Å². The molecule has 1 heterocycles. The van der Waals surface area contributed by atoms with E-state index in [0.717, 1.165) is 28.9 Å². The van der Waals surface area contributed by atoms with Gasteiger partial charge in [-0.05, 0) is 54.7 Å². The molecule has 2 aromatic carbocycles. The van der Waals surface area contributed by atoms with Crippen molar-refractivity contribution in [3.63, 3.8) is 0 Å². The highest BCUT2D eigenvalue weighted by atomic mass is 32.2. The number of allylic oxidation sites excluding steroid dienone is 4. The van der Waals surface area contributed by atoms with Gasteiger partial charge in [0.25, 0.3) is 5.91 Å². The number of hydrogen-bond donors (Lipinski definition) is 0. The molecule has 6 heteroatoms. The lowest BCUT2D eigenvalue weighted by atomic mass is 9.94. The summed E-state index contributed by atoms with van der Waals surface area (Å²) < 4.78 is 14.1. The van der Waals surface area contributed by atoms with Gasteiger partial charge in [0.15, 0.2) is 0 Å². The number of hydrazone groups is 1. The van der Waals surface area contributed by atoms with Crippen molar-refractivity contribution in [3.05, 3.63) is 94.5 Å². The van der Waals surface area contributed by atoms with Crippen LogP contribution in [-0.4, -0.2) is 36.1 Å². The molecule has 0 bridgehead atoms. The Bertz CT molecular complexity index is 1150. The first-order chi connectivity index (χ1) is 15.5. The third-order valence-electron chi connectivity index (χ3n) is 5.77. The Morgan fingerprint density at radius 2 is 1.97 bits per heavy atom. The fourth-order valence-electron chi connectivity index (χ4n) is 4.04. The first kappa shape index (κ1) is 22.1. The normalized spacial score (nSPS) is 15.9. The number of fused-ring (bicyclic) bond motifs is 1. The first-order valence-corrected chi connectivity index (χ1v) is 11.4. The molecule has 2 aromatic rings. The van der Waals surface area contributed by atoms with Gasteiger partial charge < -0.3 is 4.90 Å². The van der Waals surface area contributed by atoms with Crippen LogP contribution in [-0.2, 0) is 6.54 Å². The van der Waals surface area contributed by atoms with Gasteiger partial charge in [-0.25, -0.2) is 4.39 Å². The van der Waals surface area contributed by atoms with E-state index in [9.17, 15) is 9.18 Å². The van der Waals surface area contributed by atoms with Gasteiger partial charge in [0.2, 0.25) is 0 Å². The van der Waals surface area contributed by atoms with Crippen molar-refractivity contribution in [1.29, 1.82) is 0 Å². The Balaban J connectivity index is 1.49. The summed E-state index contributed by atoms with van der Waals surface area (Å²) in [7, 11) is 1.86. The molecule has 164 valence electrons. The van der Waals surface area contributed by atoms with Crippen LogP contribution in [0.2, 0.25) is 0 Å². The molecule has 4 nitrogen and oxygen atoms in total. The summed E-state index contributed by atoms with van der Waals surface area (Å²) in [4.78, 5) is 16.5. The molecular weight excluding hydrogens is 421 g/mol. The van der Waals surface area contributed by atoms with Gasteiger partial charge in [-0.3, -0.25) is 9.80 Å². The molecule has 0 radical (unpaired) electrons. The molecule has 1 aliphatic heterocycles. The largest absolute Gasteiger partial charge is 0.330 e. The minimum absolute atomic E-state index is 0.0184. The average molecular weight is 448 g/mol. The van der Waals surface area contributed by atoms with Crippen molar-refractivity contribution >= 4 is 24.4 Å². The maximum absolute atomic E-state index is 14.1. The lowest BCUT2D eigenvalue weighted by Crippen LogP contribution is -2.26. The number of halogens is 1. The molecule has 0 spiro atoms. The van der Waals surface area contributed by atoms with Crippen molar-refractivity contribution in [2.75, 3.05) is 13.6 Å². The average Bonchev–Trinajstić information content (AvgIpc) is 3.11. The topological polar surface area (TPSA) is 35.9 Å². The number of carbonyl (C=O) groups is 1. The number of amides is 1. The fourth-order valence-corrected chi connectivity index (χ4v) is 5.05. The number of nitrogens with zero attached hydrogens (tertiary/aromatic N) is 3. The van der Waals surface area contributed by atoms with Crippen LogP contribution in [0, 0.1) is 5.82 Å². The molecule has 2 aliphatic rings. The zero-order valence-electron chi connectivity index (χ0n) is 18.3. The van der Waals surface area contributed by atoms with Crippen LogP contribution in [0.1, 0.15) is 35.7 Å². The molecule has 0 aromatic heterocycles. The molecule has 4 rings (SSSR count). The highest BCUT2D eigenvalue weighted by Crippen LogP contribution is 2.37. The smallest absolute Gasteiger partial charge is 0.255 e. The molecule has 0 N–H and O–H groups in total. The summed E-state index contributed by atoms with van der Waals surface area (Å²) in [6, 6.07) is 12.5. The summed E-state index contributed by atoms with van der Waals surface area (Å²) in [5, 5.41) is 5.57. The maximum Gasteiger partial charge on any atom is 0.255 e. The molecule has 0 fully saturated rings. The Morgan fingerprint density at radius 1 is 1.19 bits per heavy atom. The Morgan fingerprint density at radius 3 is 2.69 bits per heavy atom. The molecule has 0 unspecified atom stereocenters. The SMILES string of the molecule is C=NN(C)/C=C(\C)C1=CC=C(CN2Cc3cccc(Sc4ccccc4F)c3C2=O)CC1. The summed E-state index contributed by atoms with van der Waals surface area (Å²) in [5.41, 5.74) is 5.37. The monoisotopic (exact) mass is 447 g/mol. The minimum atomic E-state index is -0.272. The molecular formula is C26H26FN3OS. The van der Waals surface area contributed by atoms with Crippen molar-refractivity contribution in [2.45, 2.75) is 36.1 Å². The summed E-state index contributed by atoms with van der Waals surface area (Å²) in [6.07, 6.45) is 8.08. The summed E-state index contributed by atoms with van der Waals surface area (Å²) >= 11 is 1.31.